The van der Waals surface area contributed by atoms with Gasteiger partial charge in [-0.2, -0.15) is 0 Å². The summed E-state index contributed by atoms with van der Waals surface area (Å²) in [6.45, 7) is 5.60. The topological polar surface area (TPSA) is 57.7 Å². The molecular formula is C19H30N2O3S. The summed E-state index contributed by atoms with van der Waals surface area (Å²) in [5, 5.41) is 0. The van der Waals surface area contributed by atoms with Crippen molar-refractivity contribution in [2.45, 2.75) is 65.0 Å². The summed E-state index contributed by atoms with van der Waals surface area (Å²) in [6.07, 6.45) is 6.63. The lowest BCUT2D eigenvalue weighted by Gasteiger charge is -2.36. The standard InChI is InChI=1S/C19H30N2O3S/c1-14-11-12-18(13-15(14)2)21(25(5,23)24)16(3)19(22)20(4)17-9-7-6-8-10-17/h11-13,16-17H,6-10H2,1-5H3/t16-/m1/s1. The minimum atomic E-state index is -3.57. The number of nitrogens with zero attached hydrogens (tertiary/aromatic N) is 2. The van der Waals surface area contributed by atoms with Crippen LogP contribution in [0.2, 0.25) is 0 Å². The highest BCUT2D eigenvalue weighted by Crippen LogP contribution is 2.26. The highest BCUT2D eigenvalue weighted by atomic mass is 32.2. The van der Waals surface area contributed by atoms with E-state index in [9.17, 15) is 13.2 Å². The average molecular weight is 367 g/mol. The van der Waals surface area contributed by atoms with Gasteiger partial charge in [0.2, 0.25) is 15.9 Å². The Morgan fingerprint density at radius 1 is 1.12 bits per heavy atom. The second-order valence-corrected chi connectivity index (χ2v) is 9.10. The first-order chi connectivity index (χ1) is 11.6. The van der Waals surface area contributed by atoms with Gasteiger partial charge in [0, 0.05) is 13.1 Å². The molecule has 0 saturated heterocycles. The van der Waals surface area contributed by atoms with E-state index >= 15 is 0 Å². The number of likely N-dealkylation sites (N-methyl/N-ethyl adjacent to an activating group) is 1. The van der Waals surface area contributed by atoms with E-state index in [-0.39, 0.29) is 11.9 Å². The van der Waals surface area contributed by atoms with Gasteiger partial charge in [-0.15, -0.1) is 0 Å². The quantitative estimate of drug-likeness (QED) is 0.804. The van der Waals surface area contributed by atoms with Crippen LogP contribution in [-0.4, -0.2) is 44.6 Å². The fourth-order valence-electron chi connectivity index (χ4n) is 3.61. The number of hydrogen-bond donors (Lipinski definition) is 0. The van der Waals surface area contributed by atoms with Crippen molar-refractivity contribution in [1.29, 1.82) is 0 Å². The molecule has 25 heavy (non-hydrogen) atoms. The normalized spacial score (nSPS) is 17.2. The maximum atomic E-state index is 13.0. The first-order valence-corrected chi connectivity index (χ1v) is 10.8. The van der Waals surface area contributed by atoms with E-state index < -0.39 is 16.1 Å². The molecule has 0 bridgehead atoms. The number of amides is 1. The number of benzene rings is 1. The molecule has 0 aromatic heterocycles. The predicted octanol–water partition coefficient (Wildman–Crippen LogP) is 3.25. The van der Waals surface area contributed by atoms with Crippen LogP contribution in [0.15, 0.2) is 18.2 Å². The third-order valence-corrected chi connectivity index (χ3v) is 6.52. The molecule has 1 saturated carbocycles. The number of carbonyl (C=O) groups is 1. The van der Waals surface area contributed by atoms with Crippen LogP contribution in [0.1, 0.15) is 50.2 Å². The molecular weight excluding hydrogens is 336 g/mol. The van der Waals surface area contributed by atoms with Gasteiger partial charge in [-0.25, -0.2) is 8.42 Å². The zero-order chi connectivity index (χ0) is 18.8. The minimum Gasteiger partial charge on any atom is -0.341 e. The summed E-state index contributed by atoms with van der Waals surface area (Å²) in [4.78, 5) is 14.7. The second-order valence-electron chi connectivity index (χ2n) is 7.24. The fourth-order valence-corrected chi connectivity index (χ4v) is 4.77. The SMILES string of the molecule is Cc1ccc(N([C@H](C)C(=O)N(C)C2CCCCC2)S(C)(=O)=O)cc1C. The first kappa shape index (κ1) is 19.8. The summed E-state index contributed by atoms with van der Waals surface area (Å²) < 4.78 is 26.1. The second kappa shape index (κ2) is 7.77. The van der Waals surface area contributed by atoms with Crippen LogP contribution in [0.4, 0.5) is 5.69 Å². The molecule has 140 valence electrons. The van der Waals surface area contributed by atoms with E-state index in [1.54, 1.807) is 24.9 Å². The maximum Gasteiger partial charge on any atom is 0.246 e. The Kier molecular flexibility index (Phi) is 6.14. The Labute approximate surface area is 152 Å². The zero-order valence-electron chi connectivity index (χ0n) is 15.9. The summed E-state index contributed by atoms with van der Waals surface area (Å²) in [7, 11) is -1.77. The van der Waals surface area contributed by atoms with Gasteiger partial charge in [0.05, 0.1) is 11.9 Å². The van der Waals surface area contributed by atoms with Crippen LogP contribution in [0.3, 0.4) is 0 Å². The Balaban J connectivity index is 2.30. The number of rotatable bonds is 5. The molecule has 1 atom stereocenters. The van der Waals surface area contributed by atoms with E-state index in [2.05, 4.69) is 0 Å². The Morgan fingerprint density at radius 3 is 2.24 bits per heavy atom. The van der Waals surface area contributed by atoms with Crippen molar-refractivity contribution in [2.24, 2.45) is 0 Å². The Morgan fingerprint density at radius 2 is 1.72 bits per heavy atom. The molecule has 1 amide bonds. The van der Waals surface area contributed by atoms with Crippen LogP contribution in [-0.2, 0) is 14.8 Å². The summed E-state index contributed by atoms with van der Waals surface area (Å²) in [6, 6.07) is 4.95. The summed E-state index contributed by atoms with van der Waals surface area (Å²) in [5.41, 5.74) is 2.64. The largest absolute Gasteiger partial charge is 0.341 e. The van der Waals surface area contributed by atoms with Gasteiger partial charge in [0.15, 0.2) is 0 Å². The third kappa shape index (κ3) is 4.54. The number of carbonyl (C=O) groups excluding carboxylic acids is 1. The van der Waals surface area contributed by atoms with Gasteiger partial charge in [0.1, 0.15) is 6.04 Å². The molecule has 0 heterocycles. The molecule has 0 spiro atoms. The first-order valence-electron chi connectivity index (χ1n) is 8.96. The van der Waals surface area contributed by atoms with Crippen LogP contribution in [0.5, 0.6) is 0 Å². The summed E-state index contributed by atoms with van der Waals surface area (Å²) >= 11 is 0. The smallest absolute Gasteiger partial charge is 0.246 e. The molecule has 0 aliphatic heterocycles. The van der Waals surface area contributed by atoms with Gasteiger partial charge in [-0.1, -0.05) is 25.3 Å². The molecule has 6 heteroatoms. The van der Waals surface area contributed by atoms with Gasteiger partial charge in [-0.3, -0.25) is 9.10 Å². The highest BCUT2D eigenvalue weighted by Gasteiger charge is 2.33. The van der Waals surface area contributed by atoms with E-state index in [1.807, 2.05) is 26.0 Å². The van der Waals surface area contributed by atoms with Crippen molar-refractivity contribution in [3.8, 4) is 0 Å². The van der Waals surface area contributed by atoms with Crippen molar-refractivity contribution in [3.63, 3.8) is 0 Å². The van der Waals surface area contributed by atoms with Crippen molar-refractivity contribution in [3.05, 3.63) is 29.3 Å². The Hall–Kier alpha value is -1.56. The monoisotopic (exact) mass is 366 g/mol. The predicted molar refractivity (Wildman–Crippen MR) is 102 cm³/mol. The molecule has 0 unspecified atom stereocenters. The number of sulfonamides is 1. The van der Waals surface area contributed by atoms with E-state index in [4.69, 9.17) is 0 Å². The van der Waals surface area contributed by atoms with Crippen LogP contribution in [0, 0.1) is 13.8 Å². The van der Waals surface area contributed by atoms with Gasteiger partial charge >= 0.3 is 0 Å². The molecule has 1 aliphatic carbocycles. The van der Waals surface area contributed by atoms with Crippen molar-refractivity contribution < 1.29 is 13.2 Å². The number of anilines is 1. The molecule has 1 aromatic rings. The van der Waals surface area contributed by atoms with Crippen molar-refractivity contribution in [1.82, 2.24) is 4.90 Å². The molecule has 1 aromatic carbocycles. The summed E-state index contributed by atoms with van der Waals surface area (Å²) in [5.74, 6) is -0.143. The number of aryl methyl sites for hydroxylation is 2. The lowest BCUT2D eigenvalue weighted by atomic mass is 9.94. The van der Waals surface area contributed by atoms with E-state index in [0.717, 1.165) is 43.1 Å². The average Bonchev–Trinajstić information content (AvgIpc) is 2.56. The fraction of sp³-hybridized carbons (Fsp3) is 0.632. The lowest BCUT2D eigenvalue weighted by molar-refractivity contribution is -0.133. The van der Waals surface area contributed by atoms with Crippen molar-refractivity contribution in [2.75, 3.05) is 17.6 Å². The molecule has 5 nitrogen and oxygen atoms in total. The minimum absolute atomic E-state index is 0.143. The van der Waals surface area contributed by atoms with E-state index in [0.29, 0.717) is 5.69 Å². The maximum absolute atomic E-state index is 13.0. The lowest BCUT2D eigenvalue weighted by Crippen LogP contribution is -2.51. The highest BCUT2D eigenvalue weighted by molar-refractivity contribution is 7.92. The van der Waals surface area contributed by atoms with Crippen LogP contribution < -0.4 is 4.31 Å². The van der Waals surface area contributed by atoms with Crippen LogP contribution in [0.25, 0.3) is 0 Å². The zero-order valence-corrected chi connectivity index (χ0v) is 16.8. The van der Waals surface area contributed by atoms with Gasteiger partial charge < -0.3 is 4.90 Å². The molecule has 0 N–H and O–H groups in total. The Bertz CT molecular complexity index is 724. The van der Waals surface area contributed by atoms with E-state index in [1.165, 1.54) is 10.7 Å². The van der Waals surface area contributed by atoms with Gasteiger partial charge in [-0.05, 0) is 56.9 Å². The third-order valence-electron chi connectivity index (χ3n) is 5.28. The number of hydrogen-bond acceptors (Lipinski definition) is 3. The van der Waals surface area contributed by atoms with Crippen molar-refractivity contribution >= 4 is 21.6 Å². The molecule has 0 radical (unpaired) electrons. The van der Waals surface area contributed by atoms with Crippen LogP contribution >= 0.6 is 0 Å². The molecule has 1 aliphatic rings. The molecule has 1 fully saturated rings. The molecule has 2 rings (SSSR count). The van der Waals surface area contributed by atoms with Gasteiger partial charge in [0.25, 0.3) is 0 Å².